The minimum atomic E-state index is -0.709. The summed E-state index contributed by atoms with van der Waals surface area (Å²) in [6.07, 6.45) is -0.585. The molecule has 0 aliphatic rings. The maximum Gasteiger partial charge on any atom is 0.193 e. The number of benzene rings is 2. The normalized spacial score (nSPS) is 12.4. The number of nitrogens with zero attached hydrogens (tertiary/aromatic N) is 1. The summed E-state index contributed by atoms with van der Waals surface area (Å²) in [5.41, 5.74) is 7.45. The third-order valence-corrected chi connectivity index (χ3v) is 3.12. The molecule has 2 aromatic rings. The van der Waals surface area contributed by atoms with Gasteiger partial charge in [-0.2, -0.15) is 0 Å². The van der Waals surface area contributed by atoms with Crippen LogP contribution in [0.25, 0.3) is 0 Å². The van der Waals surface area contributed by atoms with Crippen molar-refractivity contribution in [1.82, 2.24) is 0 Å². The summed E-state index contributed by atoms with van der Waals surface area (Å²) in [5.74, 6) is 1.06. The van der Waals surface area contributed by atoms with E-state index >= 15 is 0 Å². The Kier molecular flexibility index (Phi) is 8.56. The van der Waals surface area contributed by atoms with E-state index in [1.807, 2.05) is 68.4 Å². The van der Waals surface area contributed by atoms with Crippen LogP contribution < -0.4 is 15.8 Å². The predicted molar refractivity (Wildman–Crippen MR) is 109 cm³/mol. The molecule has 0 fully saturated rings. The summed E-state index contributed by atoms with van der Waals surface area (Å²) >= 11 is 0. The Bertz CT molecular complexity index is 630. The second-order valence-corrected chi connectivity index (χ2v) is 5.47. The minimum Gasteiger partial charge on any atom is -0.491 e. The van der Waals surface area contributed by atoms with Gasteiger partial charge in [-0.3, -0.25) is 4.99 Å². The fourth-order valence-electron chi connectivity index (χ4n) is 2.04. The molecule has 0 bridgehead atoms. The summed E-state index contributed by atoms with van der Waals surface area (Å²) in [6, 6.07) is 16.9. The molecule has 0 aliphatic heterocycles. The zero-order valence-electron chi connectivity index (χ0n) is 13.8. The van der Waals surface area contributed by atoms with E-state index in [1.54, 1.807) is 0 Å². The summed E-state index contributed by atoms with van der Waals surface area (Å²) in [4.78, 5) is 4.17. The van der Waals surface area contributed by atoms with Gasteiger partial charge in [-0.15, -0.1) is 24.0 Å². The number of nitrogens with one attached hydrogen (secondary N) is 1. The topological polar surface area (TPSA) is 79.9 Å². The van der Waals surface area contributed by atoms with Crippen LogP contribution in [0.1, 0.15) is 25.5 Å². The molecule has 0 saturated carbocycles. The van der Waals surface area contributed by atoms with Crippen molar-refractivity contribution < 1.29 is 9.84 Å². The van der Waals surface area contributed by atoms with Crippen molar-refractivity contribution in [2.45, 2.75) is 26.1 Å². The zero-order valence-corrected chi connectivity index (χ0v) is 16.2. The van der Waals surface area contributed by atoms with Gasteiger partial charge in [0, 0.05) is 5.69 Å². The van der Waals surface area contributed by atoms with E-state index in [2.05, 4.69) is 10.3 Å². The van der Waals surface area contributed by atoms with Crippen molar-refractivity contribution in [3.8, 4) is 5.75 Å². The number of anilines is 1. The Balaban J connectivity index is 0.00000288. The Morgan fingerprint density at radius 3 is 2.33 bits per heavy atom. The maximum atomic E-state index is 10.2. The van der Waals surface area contributed by atoms with Gasteiger partial charge in [0.15, 0.2) is 5.96 Å². The molecule has 0 amide bonds. The van der Waals surface area contributed by atoms with Crippen LogP contribution in [0.5, 0.6) is 5.75 Å². The van der Waals surface area contributed by atoms with E-state index in [1.165, 1.54) is 0 Å². The van der Waals surface area contributed by atoms with Crippen molar-refractivity contribution >= 4 is 35.6 Å². The van der Waals surface area contributed by atoms with Crippen LogP contribution in [0.3, 0.4) is 0 Å². The molecule has 0 aromatic heterocycles. The fraction of sp³-hybridized carbons (Fsp3) is 0.278. The highest BCUT2D eigenvalue weighted by molar-refractivity contribution is 14.0. The van der Waals surface area contributed by atoms with E-state index in [4.69, 9.17) is 10.5 Å². The molecule has 1 atom stereocenters. The molecule has 2 aromatic carbocycles. The Morgan fingerprint density at radius 2 is 1.75 bits per heavy atom. The summed E-state index contributed by atoms with van der Waals surface area (Å²) in [5, 5.41) is 13.2. The van der Waals surface area contributed by atoms with Crippen molar-refractivity contribution in [2.24, 2.45) is 10.7 Å². The number of aliphatic hydroxyl groups is 1. The number of ether oxygens (including phenoxy) is 1. The third kappa shape index (κ3) is 6.76. The van der Waals surface area contributed by atoms with Gasteiger partial charge < -0.3 is 20.9 Å². The molecule has 0 radical (unpaired) electrons. The molecule has 24 heavy (non-hydrogen) atoms. The lowest BCUT2D eigenvalue weighted by atomic mass is 10.1. The van der Waals surface area contributed by atoms with Gasteiger partial charge in [-0.05, 0) is 43.7 Å². The van der Waals surface area contributed by atoms with Gasteiger partial charge in [0.05, 0.1) is 18.8 Å². The standard InChI is InChI=1S/C18H23N3O2.HI/c1-13(2)23-16-10-8-14(9-11-16)17(22)12-20-18(19)21-15-6-4-3-5-7-15;/h3-11,13,17,22H,12H2,1-2H3,(H3,19,20,21);1H. The van der Waals surface area contributed by atoms with E-state index in [0.29, 0.717) is 0 Å². The Morgan fingerprint density at radius 1 is 1.12 bits per heavy atom. The van der Waals surface area contributed by atoms with Crippen LogP contribution in [-0.2, 0) is 0 Å². The number of hydrogen-bond acceptors (Lipinski definition) is 3. The predicted octanol–water partition coefficient (Wildman–Crippen LogP) is 3.55. The molecular formula is C18H24IN3O2. The number of hydrogen-bond donors (Lipinski definition) is 3. The lowest BCUT2D eigenvalue weighted by Crippen LogP contribution is -2.23. The van der Waals surface area contributed by atoms with Gasteiger partial charge >= 0.3 is 0 Å². The molecule has 4 N–H and O–H groups in total. The van der Waals surface area contributed by atoms with Gasteiger partial charge in [-0.1, -0.05) is 30.3 Å². The van der Waals surface area contributed by atoms with Crippen LogP contribution >= 0.6 is 24.0 Å². The first-order valence-corrected chi connectivity index (χ1v) is 7.61. The van der Waals surface area contributed by atoms with Crippen molar-refractivity contribution in [1.29, 1.82) is 0 Å². The average molecular weight is 441 g/mol. The van der Waals surface area contributed by atoms with Crippen LogP contribution in [0.2, 0.25) is 0 Å². The molecule has 0 saturated heterocycles. The summed E-state index contributed by atoms with van der Waals surface area (Å²) in [7, 11) is 0. The van der Waals surface area contributed by atoms with E-state index in [0.717, 1.165) is 17.0 Å². The van der Waals surface area contributed by atoms with Crippen LogP contribution in [-0.4, -0.2) is 23.7 Å². The summed E-state index contributed by atoms with van der Waals surface area (Å²) in [6.45, 7) is 4.13. The van der Waals surface area contributed by atoms with Crippen molar-refractivity contribution in [3.63, 3.8) is 0 Å². The smallest absolute Gasteiger partial charge is 0.193 e. The van der Waals surface area contributed by atoms with E-state index in [9.17, 15) is 5.11 Å². The molecule has 5 nitrogen and oxygen atoms in total. The van der Waals surface area contributed by atoms with E-state index < -0.39 is 6.10 Å². The third-order valence-electron chi connectivity index (χ3n) is 3.12. The number of halogens is 1. The van der Waals surface area contributed by atoms with Crippen LogP contribution in [0.4, 0.5) is 5.69 Å². The first-order chi connectivity index (χ1) is 11.0. The molecule has 6 heteroatoms. The summed E-state index contributed by atoms with van der Waals surface area (Å²) < 4.78 is 5.57. The van der Waals surface area contributed by atoms with Gasteiger partial charge in [0.2, 0.25) is 0 Å². The molecule has 0 aliphatic carbocycles. The number of guanidine groups is 1. The fourth-order valence-corrected chi connectivity index (χ4v) is 2.04. The number of para-hydroxylation sites is 1. The first kappa shape index (κ1) is 20.2. The van der Waals surface area contributed by atoms with Crippen molar-refractivity contribution in [3.05, 3.63) is 60.2 Å². The lowest BCUT2D eigenvalue weighted by Gasteiger charge is -2.12. The average Bonchev–Trinajstić information content (AvgIpc) is 2.54. The SMILES string of the molecule is CC(C)Oc1ccc(C(O)CN=C(N)Nc2ccccc2)cc1.I. The number of aliphatic imine (C=N–C) groups is 1. The largest absolute Gasteiger partial charge is 0.491 e. The number of nitrogens with two attached hydrogens (primary N) is 1. The highest BCUT2D eigenvalue weighted by atomic mass is 127. The van der Waals surface area contributed by atoms with Gasteiger partial charge in [0.1, 0.15) is 5.75 Å². The molecule has 2 rings (SSSR count). The first-order valence-electron chi connectivity index (χ1n) is 7.61. The van der Waals surface area contributed by atoms with Crippen molar-refractivity contribution in [2.75, 3.05) is 11.9 Å². The van der Waals surface area contributed by atoms with Crippen LogP contribution in [0, 0.1) is 0 Å². The Labute approximate surface area is 160 Å². The van der Waals surface area contributed by atoms with E-state index in [-0.39, 0.29) is 42.6 Å². The Hall–Kier alpha value is -1.80. The molecule has 0 heterocycles. The highest BCUT2D eigenvalue weighted by Crippen LogP contribution is 2.19. The molecule has 130 valence electrons. The maximum absolute atomic E-state index is 10.2. The molecular weight excluding hydrogens is 417 g/mol. The minimum absolute atomic E-state index is 0. The van der Waals surface area contributed by atoms with Gasteiger partial charge in [0.25, 0.3) is 0 Å². The lowest BCUT2D eigenvalue weighted by molar-refractivity contribution is 0.187. The van der Waals surface area contributed by atoms with Crippen LogP contribution in [0.15, 0.2) is 59.6 Å². The number of aliphatic hydroxyl groups excluding tert-OH is 1. The second kappa shape index (κ2) is 10.1. The quantitative estimate of drug-likeness (QED) is 0.364. The second-order valence-electron chi connectivity index (χ2n) is 5.47. The molecule has 0 spiro atoms. The number of rotatable bonds is 6. The zero-order chi connectivity index (χ0) is 16.7. The van der Waals surface area contributed by atoms with Gasteiger partial charge in [-0.25, -0.2) is 0 Å². The molecule has 1 unspecified atom stereocenters. The highest BCUT2D eigenvalue weighted by Gasteiger charge is 2.08. The monoisotopic (exact) mass is 441 g/mol.